The van der Waals surface area contributed by atoms with Crippen LogP contribution in [0.5, 0.6) is 5.75 Å². The first-order valence-electron chi connectivity index (χ1n) is 6.56. The molecule has 2 aromatic rings. The van der Waals surface area contributed by atoms with Gasteiger partial charge in [0.25, 0.3) is 0 Å². The van der Waals surface area contributed by atoms with Crippen molar-refractivity contribution in [1.29, 1.82) is 0 Å². The number of nitrogens with one attached hydrogen (secondary N) is 1. The summed E-state index contributed by atoms with van der Waals surface area (Å²) in [6.45, 7) is 6.10. The van der Waals surface area contributed by atoms with Gasteiger partial charge in [-0.15, -0.1) is 0 Å². The smallest absolute Gasteiger partial charge is 0.123 e. The van der Waals surface area contributed by atoms with Crippen molar-refractivity contribution in [1.82, 2.24) is 5.32 Å². The van der Waals surface area contributed by atoms with Gasteiger partial charge in [0.2, 0.25) is 0 Å². The summed E-state index contributed by atoms with van der Waals surface area (Å²) in [7, 11) is 0.495. The highest BCUT2D eigenvalue weighted by Gasteiger charge is 2.08. The summed E-state index contributed by atoms with van der Waals surface area (Å²) in [5, 5.41) is 15.6. The predicted molar refractivity (Wildman–Crippen MR) is 84.2 cm³/mol. The van der Waals surface area contributed by atoms with E-state index in [1.807, 2.05) is 18.2 Å². The number of hydrogen-bond donors (Lipinski definition) is 2. The van der Waals surface area contributed by atoms with E-state index in [-0.39, 0.29) is 0 Å². The molecule has 0 saturated carbocycles. The van der Waals surface area contributed by atoms with Crippen LogP contribution in [0.25, 0.3) is 0 Å². The fraction of sp³-hybridized carbons (Fsp3) is 0.250. The summed E-state index contributed by atoms with van der Waals surface area (Å²) in [4.78, 5) is 0. The van der Waals surface area contributed by atoms with Crippen molar-refractivity contribution >= 4 is 19.2 Å². The van der Waals surface area contributed by atoms with Crippen LogP contribution in [0.3, 0.4) is 0 Å². The molecule has 0 fully saturated rings. The van der Waals surface area contributed by atoms with E-state index in [0.717, 1.165) is 18.4 Å². The monoisotopic (exact) mass is 273 g/mol. The number of hydrogen-bond acceptors (Lipinski definition) is 2. The Kier molecular flexibility index (Phi) is 4.95. The van der Waals surface area contributed by atoms with E-state index in [4.69, 9.17) is 0 Å². The van der Waals surface area contributed by atoms with Crippen molar-refractivity contribution in [2.24, 2.45) is 0 Å². The molecule has 100 valence electrons. The van der Waals surface area contributed by atoms with Gasteiger partial charge in [-0.1, -0.05) is 51.9 Å². The molecule has 0 amide bonds. The van der Waals surface area contributed by atoms with E-state index in [1.165, 1.54) is 16.4 Å². The Morgan fingerprint density at radius 2 is 1.89 bits per heavy atom. The molecule has 0 aliphatic heterocycles. The number of aryl methyl sites for hydroxylation is 1. The molecule has 0 bridgehead atoms. The van der Waals surface area contributed by atoms with Crippen LogP contribution in [0, 0.1) is 6.92 Å². The molecular weight excluding hydrogens is 253 g/mol. The Morgan fingerprint density at radius 3 is 2.63 bits per heavy atom. The van der Waals surface area contributed by atoms with Crippen molar-refractivity contribution in [3.63, 3.8) is 0 Å². The molecule has 0 aliphatic carbocycles. The quantitative estimate of drug-likeness (QED) is 0.820. The van der Waals surface area contributed by atoms with E-state index < -0.39 is 0 Å². The van der Waals surface area contributed by atoms with Crippen LogP contribution < -0.4 is 15.9 Å². The standard InChI is InChI=1S/C16H20NOP/c1-3-17-11-13-8-6-7-12(2)16(13)19-15-10-5-4-9-14(15)18/h4-10,17-19H,3,11H2,1-2H3. The zero-order valence-corrected chi connectivity index (χ0v) is 12.4. The van der Waals surface area contributed by atoms with Crippen LogP contribution in [0.2, 0.25) is 0 Å². The average molecular weight is 273 g/mol. The zero-order chi connectivity index (χ0) is 13.7. The van der Waals surface area contributed by atoms with E-state index in [1.54, 1.807) is 6.07 Å². The molecule has 0 saturated heterocycles. The maximum Gasteiger partial charge on any atom is 0.123 e. The summed E-state index contributed by atoms with van der Waals surface area (Å²) < 4.78 is 0. The first-order valence-corrected chi connectivity index (χ1v) is 7.56. The molecule has 2 N–H and O–H groups in total. The molecule has 19 heavy (non-hydrogen) atoms. The second-order valence-corrected chi connectivity index (χ2v) is 5.82. The van der Waals surface area contributed by atoms with Gasteiger partial charge in [-0.25, -0.2) is 0 Å². The summed E-state index contributed by atoms with van der Waals surface area (Å²) in [5.41, 5.74) is 2.61. The molecule has 1 atom stereocenters. The van der Waals surface area contributed by atoms with Crippen LogP contribution >= 0.6 is 8.58 Å². The third-order valence-corrected chi connectivity index (χ3v) is 4.75. The van der Waals surface area contributed by atoms with Gasteiger partial charge in [-0.2, -0.15) is 0 Å². The fourth-order valence-electron chi connectivity index (χ4n) is 2.03. The highest BCUT2D eigenvalue weighted by Crippen LogP contribution is 2.21. The van der Waals surface area contributed by atoms with Crippen LogP contribution in [0.4, 0.5) is 0 Å². The molecule has 0 aromatic heterocycles. The summed E-state index contributed by atoms with van der Waals surface area (Å²) >= 11 is 0. The Hall–Kier alpha value is -1.37. The lowest BCUT2D eigenvalue weighted by Gasteiger charge is -2.14. The maximum atomic E-state index is 9.92. The van der Waals surface area contributed by atoms with Crippen LogP contribution in [0.1, 0.15) is 18.1 Å². The van der Waals surface area contributed by atoms with Crippen molar-refractivity contribution in [2.75, 3.05) is 6.54 Å². The second kappa shape index (κ2) is 6.70. The minimum atomic E-state index is 0.387. The lowest BCUT2D eigenvalue weighted by Crippen LogP contribution is -2.20. The van der Waals surface area contributed by atoms with Gasteiger partial charge in [0, 0.05) is 11.8 Å². The summed E-state index contributed by atoms with van der Waals surface area (Å²) in [5.74, 6) is 0.387. The van der Waals surface area contributed by atoms with Gasteiger partial charge in [0.1, 0.15) is 5.75 Å². The van der Waals surface area contributed by atoms with Gasteiger partial charge in [-0.3, -0.25) is 0 Å². The largest absolute Gasteiger partial charge is 0.507 e. The summed E-state index contributed by atoms with van der Waals surface area (Å²) in [6, 6.07) is 14.0. The Balaban J connectivity index is 2.31. The van der Waals surface area contributed by atoms with Crippen LogP contribution in [-0.2, 0) is 6.54 Å². The molecule has 3 heteroatoms. The van der Waals surface area contributed by atoms with Gasteiger partial charge < -0.3 is 10.4 Å². The third kappa shape index (κ3) is 3.56. The highest BCUT2D eigenvalue weighted by molar-refractivity contribution is 7.56. The van der Waals surface area contributed by atoms with Crippen molar-refractivity contribution < 1.29 is 5.11 Å². The normalized spacial score (nSPS) is 11.3. The number of aromatic hydroxyl groups is 1. The SMILES string of the molecule is CCNCc1cccc(C)c1Pc1ccccc1O. The summed E-state index contributed by atoms with van der Waals surface area (Å²) in [6.07, 6.45) is 0. The van der Waals surface area contributed by atoms with Crippen molar-refractivity contribution in [3.05, 3.63) is 53.6 Å². The number of rotatable bonds is 5. The lowest BCUT2D eigenvalue weighted by molar-refractivity contribution is 0.480. The van der Waals surface area contributed by atoms with Crippen LogP contribution in [0.15, 0.2) is 42.5 Å². The van der Waals surface area contributed by atoms with E-state index in [9.17, 15) is 5.11 Å². The molecule has 2 nitrogen and oxygen atoms in total. The van der Waals surface area contributed by atoms with E-state index in [0.29, 0.717) is 14.3 Å². The number of benzene rings is 2. The Labute approximate surface area is 116 Å². The van der Waals surface area contributed by atoms with Gasteiger partial charge >= 0.3 is 0 Å². The number of phenolic OH excluding ortho intramolecular Hbond substituents is 1. The molecule has 0 aliphatic rings. The average Bonchev–Trinajstić information content (AvgIpc) is 2.41. The number of para-hydroxylation sites is 1. The maximum absolute atomic E-state index is 9.92. The second-order valence-electron chi connectivity index (χ2n) is 4.53. The van der Waals surface area contributed by atoms with E-state index >= 15 is 0 Å². The number of phenols is 1. The topological polar surface area (TPSA) is 32.3 Å². The lowest BCUT2D eigenvalue weighted by atomic mass is 10.1. The molecule has 1 unspecified atom stereocenters. The Bertz CT molecular complexity index is 554. The first-order chi connectivity index (χ1) is 9.22. The third-order valence-electron chi connectivity index (χ3n) is 3.09. The molecule has 2 rings (SSSR count). The molecular formula is C16H20NOP. The highest BCUT2D eigenvalue weighted by atomic mass is 31.1. The minimum Gasteiger partial charge on any atom is -0.507 e. The molecule has 0 spiro atoms. The zero-order valence-electron chi connectivity index (χ0n) is 11.4. The van der Waals surface area contributed by atoms with Gasteiger partial charge in [0.05, 0.1) is 0 Å². The van der Waals surface area contributed by atoms with Gasteiger partial charge in [-0.05, 0) is 36.0 Å². The molecule has 2 aromatic carbocycles. The Morgan fingerprint density at radius 1 is 1.11 bits per heavy atom. The van der Waals surface area contributed by atoms with Crippen molar-refractivity contribution in [2.45, 2.75) is 20.4 Å². The fourth-order valence-corrected chi connectivity index (χ4v) is 3.30. The minimum absolute atomic E-state index is 0.387. The van der Waals surface area contributed by atoms with Crippen LogP contribution in [-0.4, -0.2) is 11.7 Å². The first kappa shape index (κ1) is 14.0. The molecule has 0 heterocycles. The predicted octanol–water partition coefficient (Wildman–Crippen LogP) is 2.44. The van der Waals surface area contributed by atoms with Crippen molar-refractivity contribution in [3.8, 4) is 5.75 Å². The van der Waals surface area contributed by atoms with Gasteiger partial charge in [0.15, 0.2) is 0 Å². The van der Waals surface area contributed by atoms with E-state index in [2.05, 4.69) is 37.4 Å². The molecule has 0 radical (unpaired) electrons.